The van der Waals surface area contributed by atoms with E-state index >= 15 is 0 Å². The molecule has 0 bridgehead atoms. The smallest absolute Gasteiger partial charge is 0.399 e. The van der Waals surface area contributed by atoms with Crippen molar-refractivity contribution in [2.24, 2.45) is 0 Å². The lowest BCUT2D eigenvalue weighted by atomic mass is 9.75. The molecule has 27 heavy (non-hydrogen) atoms. The van der Waals surface area contributed by atoms with E-state index in [0.717, 1.165) is 0 Å². The molecule has 4 heteroatoms. The van der Waals surface area contributed by atoms with Gasteiger partial charge < -0.3 is 9.31 Å². The summed E-state index contributed by atoms with van der Waals surface area (Å²) in [5, 5.41) is 1.23. The van der Waals surface area contributed by atoms with Gasteiger partial charge in [0, 0.05) is 15.0 Å². The summed E-state index contributed by atoms with van der Waals surface area (Å²) in [7, 11) is -0.360. The standard InChI is InChI=1S/C23H27BO2S/c1-14-12-15(2)19(16(3)13-14)21-20(17-10-8-9-11-18(17)27-21)24-25-22(4,5)23(6,7)26-24/h8-13H,1-7H3. The lowest BCUT2D eigenvalue weighted by molar-refractivity contribution is 0.00578. The maximum absolute atomic E-state index is 6.47. The molecule has 4 rings (SSSR count). The van der Waals surface area contributed by atoms with Gasteiger partial charge in [-0.25, -0.2) is 0 Å². The highest BCUT2D eigenvalue weighted by atomic mass is 32.1. The van der Waals surface area contributed by atoms with E-state index in [4.69, 9.17) is 9.31 Å². The maximum Gasteiger partial charge on any atom is 0.496 e. The summed E-state index contributed by atoms with van der Waals surface area (Å²) in [6, 6.07) is 13.1. The highest BCUT2D eigenvalue weighted by molar-refractivity contribution is 7.24. The molecule has 1 saturated heterocycles. The third-order valence-corrected chi connectivity index (χ3v) is 7.23. The number of fused-ring (bicyclic) bond motifs is 1. The predicted octanol–water partition coefficient (Wildman–Crippen LogP) is 5.79. The van der Waals surface area contributed by atoms with Gasteiger partial charge in [-0.2, -0.15) is 0 Å². The van der Waals surface area contributed by atoms with Crippen molar-refractivity contribution in [2.45, 2.75) is 59.7 Å². The molecule has 2 heterocycles. The summed E-state index contributed by atoms with van der Waals surface area (Å²) in [6.45, 7) is 15.0. The van der Waals surface area contributed by atoms with Gasteiger partial charge in [-0.15, -0.1) is 11.3 Å². The molecular formula is C23H27BO2S. The van der Waals surface area contributed by atoms with E-state index in [9.17, 15) is 0 Å². The minimum Gasteiger partial charge on any atom is -0.399 e. The molecule has 140 valence electrons. The third kappa shape index (κ3) is 2.95. The minimum atomic E-state index is -0.360. The quantitative estimate of drug-likeness (QED) is 0.525. The molecule has 0 spiro atoms. The van der Waals surface area contributed by atoms with Gasteiger partial charge in [-0.05, 0) is 76.6 Å². The van der Waals surface area contributed by atoms with E-state index in [0.29, 0.717) is 0 Å². The molecule has 0 atom stereocenters. The fraction of sp³-hybridized carbons (Fsp3) is 0.391. The normalized spacial score (nSPS) is 18.4. The second-order valence-electron chi connectivity index (χ2n) is 8.70. The summed E-state index contributed by atoms with van der Waals surface area (Å²) < 4.78 is 14.2. The minimum absolute atomic E-state index is 0.352. The molecule has 0 amide bonds. The van der Waals surface area contributed by atoms with E-state index in [2.05, 4.69) is 84.9 Å². The van der Waals surface area contributed by atoms with Crippen LogP contribution in [0.3, 0.4) is 0 Å². The molecule has 0 radical (unpaired) electrons. The van der Waals surface area contributed by atoms with Crippen LogP contribution in [0, 0.1) is 20.8 Å². The van der Waals surface area contributed by atoms with Crippen molar-refractivity contribution >= 4 is 34.0 Å². The van der Waals surface area contributed by atoms with Crippen molar-refractivity contribution in [2.75, 3.05) is 0 Å². The Bertz CT molecular complexity index is 993. The first-order valence-electron chi connectivity index (χ1n) is 9.56. The maximum atomic E-state index is 6.47. The first kappa shape index (κ1) is 18.7. The Hall–Kier alpha value is -1.62. The van der Waals surface area contributed by atoms with Crippen LogP contribution in [0.25, 0.3) is 20.5 Å². The molecule has 1 aromatic heterocycles. The predicted molar refractivity (Wildman–Crippen MR) is 117 cm³/mol. The van der Waals surface area contributed by atoms with Gasteiger partial charge in [0.2, 0.25) is 0 Å². The monoisotopic (exact) mass is 378 g/mol. The Balaban J connectivity index is 1.98. The van der Waals surface area contributed by atoms with Gasteiger partial charge in [0.25, 0.3) is 0 Å². The number of thiophene rings is 1. The second kappa shape index (κ2) is 6.20. The Kier molecular flexibility index (Phi) is 4.30. The molecule has 1 aliphatic rings. The summed E-state index contributed by atoms with van der Waals surface area (Å²) in [6.07, 6.45) is 0. The van der Waals surface area contributed by atoms with Crippen LogP contribution in [0.1, 0.15) is 44.4 Å². The Labute approximate surface area is 166 Å². The van der Waals surface area contributed by atoms with Crippen LogP contribution in [-0.2, 0) is 9.31 Å². The van der Waals surface area contributed by atoms with Crippen LogP contribution < -0.4 is 5.46 Å². The van der Waals surface area contributed by atoms with Crippen LogP contribution in [0.5, 0.6) is 0 Å². The van der Waals surface area contributed by atoms with Crippen LogP contribution >= 0.6 is 11.3 Å². The fourth-order valence-corrected chi connectivity index (χ4v) is 5.38. The molecule has 1 fully saturated rings. The van der Waals surface area contributed by atoms with E-state index in [1.54, 1.807) is 0 Å². The van der Waals surface area contributed by atoms with E-state index < -0.39 is 0 Å². The zero-order chi connectivity index (χ0) is 19.6. The highest BCUT2D eigenvalue weighted by Crippen LogP contribution is 2.41. The third-order valence-electron chi connectivity index (χ3n) is 6.03. The molecule has 3 aromatic rings. The Morgan fingerprint density at radius 3 is 2.00 bits per heavy atom. The second-order valence-corrected chi connectivity index (χ2v) is 9.76. The van der Waals surface area contributed by atoms with Crippen molar-refractivity contribution in [3.05, 3.63) is 53.1 Å². The van der Waals surface area contributed by atoms with Crippen molar-refractivity contribution in [1.82, 2.24) is 0 Å². The first-order valence-corrected chi connectivity index (χ1v) is 10.4. The molecule has 2 aromatic carbocycles. The van der Waals surface area contributed by atoms with Gasteiger partial charge in [0.1, 0.15) is 0 Å². The molecule has 2 nitrogen and oxygen atoms in total. The molecule has 0 N–H and O–H groups in total. The van der Waals surface area contributed by atoms with Gasteiger partial charge >= 0.3 is 7.12 Å². The number of benzene rings is 2. The Morgan fingerprint density at radius 1 is 0.852 bits per heavy atom. The van der Waals surface area contributed by atoms with E-state index in [1.165, 1.54) is 42.7 Å². The molecule has 0 saturated carbocycles. The van der Waals surface area contributed by atoms with Gasteiger partial charge in [-0.1, -0.05) is 35.9 Å². The van der Waals surface area contributed by atoms with Crippen LogP contribution in [0.4, 0.5) is 0 Å². The summed E-state index contributed by atoms with van der Waals surface area (Å²) in [5.41, 5.74) is 5.68. The van der Waals surface area contributed by atoms with Crippen molar-refractivity contribution in [1.29, 1.82) is 0 Å². The largest absolute Gasteiger partial charge is 0.496 e. The number of aryl methyl sites for hydroxylation is 3. The van der Waals surface area contributed by atoms with Crippen molar-refractivity contribution in [3.63, 3.8) is 0 Å². The zero-order valence-electron chi connectivity index (χ0n) is 17.3. The van der Waals surface area contributed by atoms with E-state index in [1.807, 2.05) is 11.3 Å². The topological polar surface area (TPSA) is 18.5 Å². The molecule has 0 aliphatic carbocycles. The van der Waals surface area contributed by atoms with Crippen LogP contribution in [-0.4, -0.2) is 18.3 Å². The number of hydrogen-bond acceptors (Lipinski definition) is 3. The summed E-state index contributed by atoms with van der Waals surface area (Å²) in [4.78, 5) is 1.27. The lowest BCUT2D eigenvalue weighted by Crippen LogP contribution is -2.41. The highest BCUT2D eigenvalue weighted by Gasteiger charge is 2.53. The average Bonchev–Trinajstić information content (AvgIpc) is 3.00. The first-order chi connectivity index (χ1) is 12.6. The molecule has 0 unspecified atom stereocenters. The number of rotatable bonds is 2. The summed E-state index contributed by atoms with van der Waals surface area (Å²) in [5.74, 6) is 0. The summed E-state index contributed by atoms with van der Waals surface area (Å²) >= 11 is 1.84. The SMILES string of the molecule is Cc1cc(C)c(-c2sc3ccccc3c2B2OC(C)(C)C(C)(C)O2)c(C)c1. The van der Waals surface area contributed by atoms with Gasteiger partial charge in [0.15, 0.2) is 0 Å². The average molecular weight is 378 g/mol. The van der Waals surface area contributed by atoms with Crippen molar-refractivity contribution in [3.8, 4) is 10.4 Å². The fourth-order valence-electron chi connectivity index (χ4n) is 3.98. The molecular weight excluding hydrogens is 351 g/mol. The van der Waals surface area contributed by atoms with Gasteiger partial charge in [-0.3, -0.25) is 0 Å². The lowest BCUT2D eigenvalue weighted by Gasteiger charge is -2.32. The number of hydrogen-bond donors (Lipinski definition) is 0. The Morgan fingerprint density at radius 2 is 1.41 bits per heavy atom. The molecule has 1 aliphatic heterocycles. The van der Waals surface area contributed by atoms with Crippen LogP contribution in [0.2, 0.25) is 0 Å². The van der Waals surface area contributed by atoms with Crippen LogP contribution in [0.15, 0.2) is 36.4 Å². The van der Waals surface area contributed by atoms with Crippen molar-refractivity contribution < 1.29 is 9.31 Å². The van der Waals surface area contributed by atoms with Gasteiger partial charge in [0.05, 0.1) is 11.2 Å². The zero-order valence-corrected chi connectivity index (χ0v) is 18.1. The van der Waals surface area contributed by atoms with E-state index in [-0.39, 0.29) is 18.3 Å².